The highest BCUT2D eigenvalue weighted by atomic mass is 35.5. The van der Waals surface area contributed by atoms with E-state index in [2.05, 4.69) is 9.97 Å². The van der Waals surface area contributed by atoms with Crippen LogP contribution in [0.3, 0.4) is 0 Å². The van der Waals surface area contributed by atoms with Crippen LogP contribution in [0.15, 0.2) is 29.3 Å². The summed E-state index contributed by atoms with van der Waals surface area (Å²) in [5, 5.41) is -0.375. The molecule has 11 heteroatoms. The number of sulfone groups is 1. The van der Waals surface area contributed by atoms with Gasteiger partial charge < -0.3 is 9.47 Å². The molecule has 1 heterocycles. The fraction of sp³-hybridized carbons (Fsp3) is 0.455. The topological polar surface area (TPSA) is 116 Å². The summed E-state index contributed by atoms with van der Waals surface area (Å²) in [5.41, 5.74) is -1.72. The second kappa shape index (κ2) is 9.26. The molecule has 33 heavy (non-hydrogen) atoms. The van der Waals surface area contributed by atoms with Gasteiger partial charge in [-0.1, -0.05) is 23.7 Å². The standard InChI is InChI=1S/C22H28ClN3O6S/c1-13-16(18(33(8,29)30)25-17(24-13)19(27)31-21(2,3)4)26(20(28)32-22(5,6)7)15-12-10-9-11-14(15)23/h9-12H,1-8H3. The first kappa shape index (κ1) is 26.5. The summed E-state index contributed by atoms with van der Waals surface area (Å²) < 4.78 is 36.3. The fourth-order valence-corrected chi connectivity index (χ4v) is 3.79. The first-order valence-electron chi connectivity index (χ1n) is 10.0. The number of ether oxygens (including phenoxy) is 2. The molecule has 0 aliphatic heterocycles. The lowest BCUT2D eigenvalue weighted by Gasteiger charge is -2.29. The van der Waals surface area contributed by atoms with Crippen LogP contribution in [-0.4, -0.2) is 47.9 Å². The van der Waals surface area contributed by atoms with Crippen LogP contribution < -0.4 is 4.90 Å². The minimum Gasteiger partial charge on any atom is -0.454 e. The molecule has 1 aromatic carbocycles. The number of hydrogen-bond acceptors (Lipinski definition) is 8. The van der Waals surface area contributed by atoms with Crippen molar-refractivity contribution in [1.82, 2.24) is 9.97 Å². The van der Waals surface area contributed by atoms with Crippen molar-refractivity contribution >= 4 is 44.9 Å². The van der Waals surface area contributed by atoms with E-state index >= 15 is 0 Å². The van der Waals surface area contributed by atoms with Gasteiger partial charge in [0.2, 0.25) is 5.82 Å². The van der Waals surface area contributed by atoms with E-state index in [0.29, 0.717) is 0 Å². The smallest absolute Gasteiger partial charge is 0.419 e. The Balaban J connectivity index is 2.84. The molecule has 0 bridgehead atoms. The van der Waals surface area contributed by atoms with Gasteiger partial charge in [0.05, 0.1) is 16.4 Å². The molecular weight excluding hydrogens is 470 g/mol. The molecule has 180 valence electrons. The number of aromatic nitrogens is 2. The average Bonchev–Trinajstić information content (AvgIpc) is 2.60. The number of esters is 1. The quantitative estimate of drug-likeness (QED) is 0.434. The molecule has 0 spiro atoms. The minimum atomic E-state index is -4.05. The van der Waals surface area contributed by atoms with Crippen molar-refractivity contribution < 1.29 is 27.5 Å². The second-order valence-corrected chi connectivity index (χ2v) is 11.7. The third-order valence-electron chi connectivity index (χ3n) is 3.85. The van der Waals surface area contributed by atoms with Gasteiger partial charge in [0.15, 0.2) is 14.9 Å². The number of anilines is 2. The van der Waals surface area contributed by atoms with E-state index in [1.807, 2.05) is 0 Å². The number of nitrogens with zero attached hydrogens (tertiary/aromatic N) is 3. The van der Waals surface area contributed by atoms with Gasteiger partial charge in [-0.25, -0.2) is 32.9 Å². The molecule has 2 aromatic rings. The summed E-state index contributed by atoms with van der Waals surface area (Å²) in [7, 11) is -4.05. The lowest BCUT2D eigenvalue weighted by atomic mass is 10.2. The van der Waals surface area contributed by atoms with Crippen LogP contribution in [0.25, 0.3) is 0 Å². The first-order valence-corrected chi connectivity index (χ1v) is 12.3. The zero-order chi connectivity index (χ0) is 25.4. The highest BCUT2D eigenvalue weighted by Crippen LogP contribution is 2.38. The molecule has 0 atom stereocenters. The predicted molar refractivity (Wildman–Crippen MR) is 125 cm³/mol. The van der Waals surface area contributed by atoms with Gasteiger partial charge in [-0.2, -0.15) is 0 Å². The number of amides is 1. The molecular formula is C22H28ClN3O6S. The van der Waals surface area contributed by atoms with Gasteiger partial charge in [-0.05, 0) is 60.6 Å². The number of halogens is 1. The van der Waals surface area contributed by atoms with Crippen LogP contribution >= 0.6 is 11.6 Å². The van der Waals surface area contributed by atoms with Crippen molar-refractivity contribution in [1.29, 1.82) is 0 Å². The Morgan fingerprint density at radius 3 is 2.00 bits per heavy atom. The number of para-hydroxylation sites is 1. The van der Waals surface area contributed by atoms with Gasteiger partial charge in [-0.15, -0.1) is 0 Å². The first-order chi connectivity index (χ1) is 14.9. The van der Waals surface area contributed by atoms with Crippen molar-refractivity contribution in [2.45, 2.75) is 64.7 Å². The molecule has 0 aliphatic rings. The molecule has 0 saturated heterocycles. The lowest BCUT2D eigenvalue weighted by Crippen LogP contribution is -2.36. The van der Waals surface area contributed by atoms with Crippen LogP contribution in [0.1, 0.15) is 57.9 Å². The van der Waals surface area contributed by atoms with Crippen LogP contribution in [0.4, 0.5) is 16.2 Å². The second-order valence-electron chi connectivity index (χ2n) is 9.33. The van der Waals surface area contributed by atoms with Crippen molar-refractivity contribution in [2.75, 3.05) is 11.2 Å². The minimum absolute atomic E-state index is 0.0389. The Morgan fingerprint density at radius 2 is 1.52 bits per heavy atom. The Labute approximate surface area is 199 Å². The van der Waals surface area contributed by atoms with E-state index in [1.54, 1.807) is 59.7 Å². The third kappa shape index (κ3) is 6.88. The largest absolute Gasteiger partial charge is 0.454 e. The average molecular weight is 498 g/mol. The summed E-state index contributed by atoms with van der Waals surface area (Å²) in [6, 6.07) is 6.36. The van der Waals surface area contributed by atoms with Gasteiger partial charge in [0.25, 0.3) is 0 Å². The number of carbonyl (C=O) groups is 2. The zero-order valence-corrected chi connectivity index (χ0v) is 21.5. The number of aryl methyl sites for hydroxylation is 1. The highest BCUT2D eigenvalue weighted by Gasteiger charge is 2.34. The molecule has 0 N–H and O–H groups in total. The third-order valence-corrected chi connectivity index (χ3v) is 5.16. The van der Waals surface area contributed by atoms with Gasteiger partial charge in [-0.3, -0.25) is 0 Å². The maximum atomic E-state index is 13.3. The van der Waals surface area contributed by atoms with Crippen LogP contribution in [0.2, 0.25) is 5.02 Å². The van der Waals surface area contributed by atoms with E-state index in [4.69, 9.17) is 21.1 Å². The van der Waals surface area contributed by atoms with Crippen LogP contribution in [-0.2, 0) is 19.3 Å². The Bertz CT molecular complexity index is 1180. The van der Waals surface area contributed by atoms with E-state index in [9.17, 15) is 18.0 Å². The van der Waals surface area contributed by atoms with Crippen molar-refractivity contribution in [3.05, 3.63) is 40.8 Å². The highest BCUT2D eigenvalue weighted by molar-refractivity contribution is 7.90. The molecule has 0 aliphatic carbocycles. The number of carbonyl (C=O) groups excluding carboxylic acids is 2. The Hall–Kier alpha value is -2.72. The van der Waals surface area contributed by atoms with Crippen LogP contribution in [0.5, 0.6) is 0 Å². The summed E-state index contributed by atoms with van der Waals surface area (Å²) >= 11 is 6.34. The molecule has 1 aromatic heterocycles. The van der Waals surface area contributed by atoms with Crippen molar-refractivity contribution in [2.24, 2.45) is 0 Å². The normalized spacial score (nSPS) is 12.3. The molecule has 0 saturated carbocycles. The van der Waals surface area contributed by atoms with Crippen molar-refractivity contribution in [3.63, 3.8) is 0 Å². The van der Waals surface area contributed by atoms with E-state index in [-0.39, 0.29) is 22.1 Å². The number of benzene rings is 1. The van der Waals surface area contributed by atoms with Crippen molar-refractivity contribution in [3.8, 4) is 0 Å². The maximum Gasteiger partial charge on any atom is 0.419 e. The number of rotatable bonds is 4. The molecule has 1 amide bonds. The molecule has 0 fully saturated rings. The fourth-order valence-electron chi connectivity index (χ4n) is 2.72. The molecule has 9 nitrogen and oxygen atoms in total. The summed E-state index contributed by atoms with van der Waals surface area (Å²) in [4.78, 5) is 34.9. The molecule has 0 unspecified atom stereocenters. The maximum absolute atomic E-state index is 13.3. The van der Waals surface area contributed by atoms with E-state index in [1.165, 1.54) is 13.0 Å². The number of hydrogen-bond donors (Lipinski definition) is 0. The monoisotopic (exact) mass is 497 g/mol. The van der Waals surface area contributed by atoms with Gasteiger partial charge in [0, 0.05) is 6.26 Å². The predicted octanol–water partition coefficient (Wildman–Crippen LogP) is 4.87. The Kier molecular flexibility index (Phi) is 7.45. The van der Waals surface area contributed by atoms with Gasteiger partial charge in [0.1, 0.15) is 16.9 Å². The van der Waals surface area contributed by atoms with E-state index < -0.39 is 44.0 Å². The van der Waals surface area contributed by atoms with Crippen LogP contribution in [0, 0.1) is 6.92 Å². The summed E-state index contributed by atoms with van der Waals surface area (Å²) in [5.74, 6) is -1.35. The summed E-state index contributed by atoms with van der Waals surface area (Å²) in [6.45, 7) is 11.4. The Morgan fingerprint density at radius 1 is 0.970 bits per heavy atom. The zero-order valence-electron chi connectivity index (χ0n) is 19.9. The molecule has 0 radical (unpaired) electrons. The molecule has 2 rings (SSSR count). The van der Waals surface area contributed by atoms with E-state index in [0.717, 1.165) is 11.2 Å². The summed E-state index contributed by atoms with van der Waals surface area (Å²) in [6.07, 6.45) is 0.0222. The SMILES string of the molecule is Cc1nc(C(=O)OC(C)(C)C)nc(S(C)(=O)=O)c1N(C(=O)OC(C)(C)C)c1ccccc1Cl. The lowest BCUT2D eigenvalue weighted by molar-refractivity contribution is 0.00543. The van der Waals surface area contributed by atoms with Gasteiger partial charge >= 0.3 is 12.1 Å².